The average molecular weight is 618 g/mol. The first-order chi connectivity index (χ1) is 23.3. The van der Waals surface area contributed by atoms with Crippen molar-refractivity contribution in [1.82, 2.24) is 14.5 Å². The molecule has 47 heavy (non-hydrogen) atoms. The van der Waals surface area contributed by atoms with E-state index in [1.54, 1.807) is 11.3 Å². The van der Waals surface area contributed by atoms with Crippen LogP contribution in [0.5, 0.6) is 0 Å². The van der Waals surface area contributed by atoms with E-state index in [1.807, 2.05) is 6.07 Å². The molecule has 5 heteroatoms. The van der Waals surface area contributed by atoms with Crippen molar-refractivity contribution in [3.63, 3.8) is 0 Å². The summed E-state index contributed by atoms with van der Waals surface area (Å²) < 4.78 is 10.5. The van der Waals surface area contributed by atoms with Crippen LogP contribution in [0.15, 0.2) is 144 Å². The fourth-order valence-electron chi connectivity index (χ4n) is 7.62. The molecule has 0 fully saturated rings. The van der Waals surface area contributed by atoms with E-state index in [2.05, 4.69) is 138 Å². The molecular formula is C42H23N3OS. The van der Waals surface area contributed by atoms with Crippen LogP contribution in [0.2, 0.25) is 0 Å². The SMILES string of the molecule is c1ccc(-c2nc3sc4ccccc4c3nc2-n2c3ccccc3c3c4ccccc4c4c(oc5ccc6ccccc6c54)c32)cc1. The molecule has 218 valence electrons. The van der Waals surface area contributed by atoms with Gasteiger partial charge < -0.3 is 4.42 Å². The zero-order valence-electron chi connectivity index (χ0n) is 24.9. The van der Waals surface area contributed by atoms with E-state index in [-0.39, 0.29) is 0 Å². The van der Waals surface area contributed by atoms with Crippen molar-refractivity contribution in [1.29, 1.82) is 0 Å². The highest BCUT2D eigenvalue weighted by atomic mass is 32.1. The minimum atomic E-state index is 0.792. The lowest BCUT2D eigenvalue weighted by Gasteiger charge is -2.13. The Kier molecular flexibility index (Phi) is 4.96. The van der Waals surface area contributed by atoms with E-state index < -0.39 is 0 Å². The number of thiophene rings is 1. The lowest BCUT2D eigenvalue weighted by molar-refractivity contribution is 0.671. The molecule has 7 aromatic carbocycles. The molecule has 0 amide bonds. The second kappa shape index (κ2) is 9.25. The maximum atomic E-state index is 6.99. The van der Waals surface area contributed by atoms with Gasteiger partial charge in [-0.25, -0.2) is 9.97 Å². The van der Waals surface area contributed by atoms with E-state index in [9.17, 15) is 0 Å². The summed E-state index contributed by atoms with van der Waals surface area (Å²) in [7, 11) is 0. The standard InChI is InChI=1S/C42H23N3OS/c1-2-13-25(14-3-1)37-41(43-38-30-19-9-11-21-33(30)47-42(38)44-37)45-31-20-10-8-18-29(31)34-27-16-6-7-17-28(27)36-35-26-15-5-4-12-24(26)22-23-32(35)46-40(36)39(34)45/h1-23H. The Labute approximate surface area is 271 Å². The summed E-state index contributed by atoms with van der Waals surface area (Å²) in [6.07, 6.45) is 0. The number of para-hydroxylation sites is 1. The number of aromatic nitrogens is 3. The molecule has 0 N–H and O–H groups in total. The molecular weight excluding hydrogens is 595 g/mol. The first-order valence-electron chi connectivity index (χ1n) is 15.8. The Morgan fingerprint density at radius 1 is 0.532 bits per heavy atom. The highest BCUT2D eigenvalue weighted by Gasteiger charge is 2.26. The lowest BCUT2D eigenvalue weighted by atomic mass is 9.96. The number of hydrogen-bond donors (Lipinski definition) is 0. The summed E-state index contributed by atoms with van der Waals surface area (Å²) in [6.45, 7) is 0. The fourth-order valence-corrected chi connectivity index (χ4v) is 8.64. The molecule has 0 saturated heterocycles. The Balaban J connectivity index is 1.42. The smallest absolute Gasteiger partial charge is 0.165 e. The molecule has 0 bridgehead atoms. The second-order valence-electron chi connectivity index (χ2n) is 12.1. The molecule has 0 spiro atoms. The number of nitrogens with zero attached hydrogens (tertiary/aromatic N) is 3. The van der Waals surface area contributed by atoms with Gasteiger partial charge in [-0.1, -0.05) is 121 Å². The predicted octanol–water partition coefficient (Wildman–Crippen LogP) is 11.8. The van der Waals surface area contributed by atoms with Gasteiger partial charge in [-0.2, -0.15) is 0 Å². The molecule has 4 heterocycles. The normalized spacial score (nSPS) is 12.3. The number of furan rings is 1. The van der Waals surface area contributed by atoms with Crippen molar-refractivity contribution in [2.24, 2.45) is 0 Å². The molecule has 4 aromatic heterocycles. The van der Waals surface area contributed by atoms with Gasteiger partial charge in [-0.3, -0.25) is 4.57 Å². The molecule has 0 atom stereocenters. The van der Waals surface area contributed by atoms with E-state index in [1.165, 1.54) is 26.2 Å². The Hall–Kier alpha value is -6.04. The summed E-state index contributed by atoms with van der Waals surface area (Å²) in [5.74, 6) is 0.792. The molecule has 4 nitrogen and oxygen atoms in total. The first-order valence-corrected chi connectivity index (χ1v) is 16.6. The number of rotatable bonds is 2. The number of hydrogen-bond acceptors (Lipinski definition) is 4. The van der Waals surface area contributed by atoms with Crippen LogP contribution in [0.1, 0.15) is 0 Å². The van der Waals surface area contributed by atoms with Gasteiger partial charge >= 0.3 is 0 Å². The van der Waals surface area contributed by atoms with Crippen LogP contribution in [0.3, 0.4) is 0 Å². The van der Waals surface area contributed by atoms with Gasteiger partial charge in [0.2, 0.25) is 0 Å². The van der Waals surface area contributed by atoms with Crippen molar-refractivity contribution < 1.29 is 4.42 Å². The number of benzene rings is 7. The highest BCUT2D eigenvalue weighted by molar-refractivity contribution is 7.25. The minimum absolute atomic E-state index is 0.792. The van der Waals surface area contributed by atoms with Crippen LogP contribution in [0.25, 0.3) is 103 Å². The van der Waals surface area contributed by atoms with Crippen molar-refractivity contribution in [2.75, 3.05) is 0 Å². The highest BCUT2D eigenvalue weighted by Crippen LogP contribution is 2.48. The van der Waals surface area contributed by atoms with Crippen LogP contribution < -0.4 is 0 Å². The summed E-state index contributed by atoms with van der Waals surface area (Å²) in [5.41, 5.74) is 6.59. The largest absolute Gasteiger partial charge is 0.454 e. The third-order valence-corrected chi connectivity index (χ3v) is 10.6. The molecule has 0 saturated carbocycles. The van der Waals surface area contributed by atoms with Gasteiger partial charge in [0, 0.05) is 37.2 Å². The van der Waals surface area contributed by atoms with E-state index in [0.717, 1.165) is 76.6 Å². The Morgan fingerprint density at radius 3 is 2.06 bits per heavy atom. The summed E-state index contributed by atoms with van der Waals surface area (Å²) in [6, 6.07) is 49.1. The van der Waals surface area contributed by atoms with Gasteiger partial charge in [0.1, 0.15) is 21.6 Å². The van der Waals surface area contributed by atoms with Crippen LogP contribution in [0.4, 0.5) is 0 Å². The van der Waals surface area contributed by atoms with Gasteiger partial charge in [-0.15, -0.1) is 11.3 Å². The zero-order valence-corrected chi connectivity index (χ0v) is 25.8. The molecule has 0 unspecified atom stereocenters. The van der Waals surface area contributed by atoms with Crippen LogP contribution in [0, 0.1) is 0 Å². The Bertz CT molecular complexity index is 3080. The fraction of sp³-hybridized carbons (Fsp3) is 0. The van der Waals surface area contributed by atoms with Crippen LogP contribution in [-0.2, 0) is 0 Å². The van der Waals surface area contributed by atoms with Crippen LogP contribution in [-0.4, -0.2) is 14.5 Å². The second-order valence-corrected chi connectivity index (χ2v) is 13.1. The zero-order chi connectivity index (χ0) is 30.6. The van der Waals surface area contributed by atoms with E-state index in [0.29, 0.717) is 0 Å². The van der Waals surface area contributed by atoms with E-state index in [4.69, 9.17) is 14.4 Å². The van der Waals surface area contributed by atoms with Crippen molar-refractivity contribution in [3.8, 4) is 17.1 Å². The van der Waals surface area contributed by atoms with Crippen molar-refractivity contribution in [2.45, 2.75) is 0 Å². The van der Waals surface area contributed by atoms with Gasteiger partial charge in [-0.05, 0) is 39.7 Å². The summed E-state index contributed by atoms with van der Waals surface area (Å²) in [4.78, 5) is 11.9. The van der Waals surface area contributed by atoms with Gasteiger partial charge in [0.15, 0.2) is 11.4 Å². The molecule has 11 aromatic rings. The quantitative estimate of drug-likeness (QED) is 0.194. The maximum Gasteiger partial charge on any atom is 0.165 e. The van der Waals surface area contributed by atoms with Crippen molar-refractivity contribution in [3.05, 3.63) is 140 Å². The minimum Gasteiger partial charge on any atom is -0.454 e. The molecule has 0 aliphatic carbocycles. The van der Waals surface area contributed by atoms with Crippen LogP contribution >= 0.6 is 11.3 Å². The third-order valence-electron chi connectivity index (χ3n) is 9.59. The number of fused-ring (bicyclic) bond motifs is 15. The summed E-state index contributed by atoms with van der Waals surface area (Å²) >= 11 is 1.69. The topological polar surface area (TPSA) is 43.9 Å². The van der Waals surface area contributed by atoms with Crippen molar-refractivity contribution >= 4 is 97.1 Å². The first kappa shape index (κ1) is 25.2. The van der Waals surface area contributed by atoms with Gasteiger partial charge in [0.05, 0.1) is 11.0 Å². The molecule has 0 radical (unpaired) electrons. The predicted molar refractivity (Wildman–Crippen MR) is 197 cm³/mol. The third kappa shape index (κ3) is 3.36. The molecule has 0 aliphatic heterocycles. The monoisotopic (exact) mass is 617 g/mol. The van der Waals surface area contributed by atoms with E-state index >= 15 is 0 Å². The summed E-state index contributed by atoms with van der Waals surface area (Å²) in [5, 5.41) is 10.4. The molecule has 11 rings (SSSR count). The average Bonchev–Trinajstić information content (AvgIpc) is 3.81. The molecule has 0 aliphatic rings. The Morgan fingerprint density at radius 2 is 1.21 bits per heavy atom. The maximum absolute atomic E-state index is 6.99. The van der Waals surface area contributed by atoms with Gasteiger partial charge in [0.25, 0.3) is 0 Å². The lowest BCUT2D eigenvalue weighted by Crippen LogP contribution is -2.03.